The molecule has 0 aromatic heterocycles. The normalized spacial score (nSPS) is 11.3. The molecule has 5 heteroatoms. The summed E-state index contributed by atoms with van der Waals surface area (Å²) in [5.41, 5.74) is 1.87. The van der Waals surface area contributed by atoms with E-state index < -0.39 is 5.60 Å². The fourth-order valence-corrected chi connectivity index (χ4v) is 1.85. The highest BCUT2D eigenvalue weighted by Crippen LogP contribution is 2.15. The highest BCUT2D eigenvalue weighted by Gasteiger charge is 2.15. The van der Waals surface area contributed by atoms with Crippen LogP contribution < -0.4 is 10.6 Å². The Kier molecular flexibility index (Phi) is 6.49. The average Bonchev–Trinajstić information content (AvgIpc) is 2.33. The Morgan fingerprint density at radius 1 is 1.19 bits per heavy atom. The number of amides is 1. The van der Waals surface area contributed by atoms with Gasteiger partial charge in [0.2, 0.25) is 0 Å². The van der Waals surface area contributed by atoms with Gasteiger partial charge in [0.05, 0.1) is 0 Å². The fourth-order valence-electron chi connectivity index (χ4n) is 1.85. The molecule has 0 heterocycles. The maximum Gasteiger partial charge on any atom is 0.407 e. The number of rotatable bonds is 6. The first kappa shape index (κ1) is 17.3. The molecule has 0 atom stereocenters. The fraction of sp³-hybridized carbons (Fsp3) is 0.562. The predicted molar refractivity (Wildman–Crippen MR) is 86.6 cm³/mol. The second-order valence-electron chi connectivity index (χ2n) is 6.25. The Balaban J connectivity index is 2.38. The molecule has 0 spiro atoms. The zero-order valence-corrected chi connectivity index (χ0v) is 13.7. The Morgan fingerprint density at radius 2 is 1.86 bits per heavy atom. The third kappa shape index (κ3) is 7.56. The number of nitrogens with zero attached hydrogens (tertiary/aromatic N) is 1. The predicted octanol–water partition coefficient (Wildman–Crippen LogP) is 2.68. The largest absolute Gasteiger partial charge is 0.444 e. The lowest BCUT2D eigenvalue weighted by atomic mass is 10.1. The maximum absolute atomic E-state index is 11.5. The van der Waals surface area contributed by atoms with Crippen LogP contribution >= 0.6 is 0 Å². The number of carbonyl (C=O) groups excluding carboxylic acids is 1. The second kappa shape index (κ2) is 7.88. The number of anilines is 1. The number of hydrogen-bond donors (Lipinski definition) is 2. The monoisotopic (exact) mass is 293 g/mol. The summed E-state index contributed by atoms with van der Waals surface area (Å²) in [6.07, 6.45) is -0.383. The van der Waals surface area contributed by atoms with Gasteiger partial charge in [-0.15, -0.1) is 0 Å². The van der Waals surface area contributed by atoms with Crippen LogP contribution in [0.15, 0.2) is 24.3 Å². The minimum atomic E-state index is -0.462. The number of nitrogens with one attached hydrogen (secondary N) is 2. The van der Waals surface area contributed by atoms with E-state index >= 15 is 0 Å². The van der Waals surface area contributed by atoms with E-state index in [0.29, 0.717) is 13.1 Å². The summed E-state index contributed by atoms with van der Waals surface area (Å²) in [5, 5.41) is 6.08. The van der Waals surface area contributed by atoms with Crippen LogP contribution in [-0.2, 0) is 11.3 Å². The van der Waals surface area contributed by atoms with Crippen LogP contribution in [0.2, 0.25) is 0 Å². The number of benzene rings is 1. The van der Waals surface area contributed by atoms with Gasteiger partial charge in [-0.2, -0.15) is 0 Å². The van der Waals surface area contributed by atoms with E-state index in [-0.39, 0.29) is 6.09 Å². The standard InChI is InChI=1S/C16H27N3O2/c1-16(2,3)21-15(20)18-11-10-17-14-9-7-6-8-13(14)12-19(4)5/h6-9,17H,10-12H2,1-5H3,(H,18,20). The lowest BCUT2D eigenvalue weighted by Gasteiger charge is -2.20. The van der Waals surface area contributed by atoms with E-state index in [1.165, 1.54) is 5.56 Å². The molecule has 118 valence electrons. The van der Waals surface area contributed by atoms with Gasteiger partial charge in [-0.05, 0) is 46.5 Å². The van der Waals surface area contributed by atoms with E-state index in [1.54, 1.807) is 0 Å². The molecule has 0 bridgehead atoms. The third-order valence-electron chi connectivity index (χ3n) is 2.61. The van der Waals surface area contributed by atoms with Crippen LogP contribution in [-0.4, -0.2) is 43.8 Å². The van der Waals surface area contributed by atoms with E-state index in [0.717, 1.165) is 12.2 Å². The van der Waals surface area contributed by atoms with Gasteiger partial charge in [0, 0.05) is 25.3 Å². The van der Waals surface area contributed by atoms with Crippen molar-refractivity contribution in [1.29, 1.82) is 0 Å². The van der Waals surface area contributed by atoms with Crippen molar-refractivity contribution in [2.45, 2.75) is 32.9 Å². The Morgan fingerprint density at radius 3 is 2.48 bits per heavy atom. The molecule has 0 saturated carbocycles. The summed E-state index contributed by atoms with van der Waals surface area (Å²) in [5.74, 6) is 0. The Labute approximate surface area is 127 Å². The van der Waals surface area contributed by atoms with Crippen LogP contribution in [0.3, 0.4) is 0 Å². The van der Waals surface area contributed by atoms with Gasteiger partial charge in [0.25, 0.3) is 0 Å². The molecule has 0 aliphatic heterocycles. The lowest BCUT2D eigenvalue weighted by molar-refractivity contribution is 0.0530. The summed E-state index contributed by atoms with van der Waals surface area (Å²) in [6, 6.07) is 8.18. The first-order valence-corrected chi connectivity index (χ1v) is 7.21. The van der Waals surface area contributed by atoms with Gasteiger partial charge in [-0.25, -0.2) is 4.79 Å². The number of para-hydroxylation sites is 1. The highest BCUT2D eigenvalue weighted by molar-refractivity contribution is 5.67. The molecule has 0 aliphatic carbocycles. The Hall–Kier alpha value is -1.75. The van der Waals surface area contributed by atoms with Crippen LogP contribution in [0.4, 0.5) is 10.5 Å². The molecule has 1 aromatic carbocycles. The van der Waals surface area contributed by atoms with Crippen molar-refractivity contribution < 1.29 is 9.53 Å². The number of hydrogen-bond acceptors (Lipinski definition) is 4. The molecular formula is C16H27N3O2. The van der Waals surface area contributed by atoms with E-state index in [2.05, 4.69) is 21.6 Å². The van der Waals surface area contributed by atoms with E-state index in [9.17, 15) is 4.79 Å². The summed E-state index contributed by atoms with van der Waals surface area (Å²) in [4.78, 5) is 13.6. The van der Waals surface area contributed by atoms with Crippen molar-refractivity contribution >= 4 is 11.8 Å². The van der Waals surface area contributed by atoms with Gasteiger partial charge < -0.3 is 20.3 Å². The molecule has 1 rings (SSSR count). The second-order valence-corrected chi connectivity index (χ2v) is 6.25. The van der Waals surface area contributed by atoms with E-state index in [4.69, 9.17) is 4.74 Å². The molecular weight excluding hydrogens is 266 g/mol. The summed E-state index contributed by atoms with van der Waals surface area (Å²) < 4.78 is 5.18. The van der Waals surface area contributed by atoms with Gasteiger partial charge >= 0.3 is 6.09 Å². The van der Waals surface area contributed by atoms with Gasteiger partial charge in [-0.1, -0.05) is 18.2 Å². The van der Waals surface area contributed by atoms with Crippen LogP contribution in [0.25, 0.3) is 0 Å². The van der Waals surface area contributed by atoms with Crippen molar-refractivity contribution in [2.24, 2.45) is 0 Å². The summed E-state index contributed by atoms with van der Waals surface area (Å²) in [6.45, 7) is 7.60. The Bertz CT molecular complexity index is 453. The molecule has 0 saturated heterocycles. The van der Waals surface area contributed by atoms with Crippen LogP contribution in [0, 0.1) is 0 Å². The molecule has 5 nitrogen and oxygen atoms in total. The summed E-state index contributed by atoms with van der Waals surface area (Å²) >= 11 is 0. The van der Waals surface area contributed by atoms with E-state index in [1.807, 2.05) is 53.1 Å². The first-order valence-electron chi connectivity index (χ1n) is 7.21. The van der Waals surface area contributed by atoms with Gasteiger partial charge in [0.15, 0.2) is 0 Å². The third-order valence-corrected chi connectivity index (χ3v) is 2.61. The summed E-state index contributed by atoms with van der Waals surface area (Å²) in [7, 11) is 4.08. The van der Waals surface area contributed by atoms with Crippen molar-refractivity contribution in [2.75, 3.05) is 32.5 Å². The molecule has 0 unspecified atom stereocenters. The maximum atomic E-state index is 11.5. The van der Waals surface area contributed by atoms with Crippen molar-refractivity contribution in [3.63, 3.8) is 0 Å². The van der Waals surface area contributed by atoms with Crippen molar-refractivity contribution in [3.8, 4) is 0 Å². The number of carbonyl (C=O) groups is 1. The minimum absolute atomic E-state index is 0.383. The highest BCUT2D eigenvalue weighted by atomic mass is 16.6. The van der Waals surface area contributed by atoms with Crippen molar-refractivity contribution in [3.05, 3.63) is 29.8 Å². The smallest absolute Gasteiger partial charge is 0.407 e. The SMILES string of the molecule is CN(C)Cc1ccccc1NCCNC(=O)OC(C)(C)C. The molecule has 1 amide bonds. The average molecular weight is 293 g/mol. The topological polar surface area (TPSA) is 53.6 Å². The number of alkyl carbamates (subject to hydrolysis) is 1. The molecule has 2 N–H and O–H groups in total. The zero-order valence-electron chi connectivity index (χ0n) is 13.7. The molecule has 0 aliphatic rings. The number of ether oxygens (including phenoxy) is 1. The van der Waals surface area contributed by atoms with Crippen LogP contribution in [0.1, 0.15) is 26.3 Å². The van der Waals surface area contributed by atoms with Crippen LogP contribution in [0.5, 0.6) is 0 Å². The van der Waals surface area contributed by atoms with Gasteiger partial charge in [0.1, 0.15) is 5.60 Å². The minimum Gasteiger partial charge on any atom is -0.444 e. The molecule has 0 fully saturated rings. The lowest BCUT2D eigenvalue weighted by Crippen LogP contribution is -2.35. The quantitative estimate of drug-likeness (QED) is 0.792. The first-order chi connectivity index (χ1) is 9.78. The zero-order chi connectivity index (χ0) is 15.9. The molecule has 0 radical (unpaired) electrons. The molecule has 21 heavy (non-hydrogen) atoms. The van der Waals surface area contributed by atoms with Gasteiger partial charge in [-0.3, -0.25) is 0 Å². The molecule has 1 aromatic rings. The van der Waals surface area contributed by atoms with Crippen molar-refractivity contribution in [1.82, 2.24) is 10.2 Å².